The van der Waals surface area contributed by atoms with E-state index >= 15 is 0 Å². The maximum absolute atomic E-state index is 3.35. The second kappa shape index (κ2) is 4.51. The molecule has 3 N–H and O–H groups in total. The summed E-state index contributed by atoms with van der Waals surface area (Å²) in [4.78, 5) is 2.42. The van der Waals surface area contributed by atoms with Gasteiger partial charge >= 0.3 is 0 Å². The van der Waals surface area contributed by atoms with Gasteiger partial charge < -0.3 is 15.6 Å². The van der Waals surface area contributed by atoms with Crippen LogP contribution in [0.2, 0.25) is 0 Å². The lowest BCUT2D eigenvalue weighted by Gasteiger charge is -2.25. The van der Waals surface area contributed by atoms with Gasteiger partial charge in [-0.1, -0.05) is 13.0 Å². The summed E-state index contributed by atoms with van der Waals surface area (Å²) in [6, 6.07) is 0.643. The summed E-state index contributed by atoms with van der Waals surface area (Å²) in [7, 11) is 2.21. The van der Waals surface area contributed by atoms with Gasteiger partial charge in [-0.2, -0.15) is 0 Å². The molecule has 1 aliphatic carbocycles. The molecular weight excluding hydrogens is 188 g/mol. The van der Waals surface area contributed by atoms with Crippen molar-refractivity contribution in [1.29, 1.82) is 0 Å². The molecule has 15 heavy (non-hydrogen) atoms. The van der Waals surface area contributed by atoms with Crippen LogP contribution in [0.25, 0.3) is 0 Å². The zero-order valence-electron chi connectivity index (χ0n) is 9.71. The van der Waals surface area contributed by atoms with E-state index in [0.29, 0.717) is 11.5 Å². The van der Waals surface area contributed by atoms with Gasteiger partial charge in [0.05, 0.1) is 0 Å². The van der Waals surface area contributed by atoms with E-state index in [1.807, 2.05) is 6.20 Å². The first kappa shape index (κ1) is 10.9. The number of nitrogens with zero attached hydrogens (tertiary/aromatic N) is 1. The van der Waals surface area contributed by atoms with Crippen LogP contribution in [-0.2, 0) is 0 Å². The molecule has 1 saturated carbocycles. The van der Waals surface area contributed by atoms with Gasteiger partial charge in [-0.3, -0.25) is 0 Å². The fraction of sp³-hybridized carbons (Fsp3) is 0.818. The van der Waals surface area contributed by atoms with E-state index in [9.17, 15) is 0 Å². The largest absolute Gasteiger partial charge is 0.329 e. The minimum Gasteiger partial charge on any atom is -0.329 e. The molecule has 1 aliphatic heterocycles. The number of hydrazine groups is 1. The first-order chi connectivity index (χ1) is 7.27. The number of nitrogens with one attached hydrogen (secondary N) is 3. The van der Waals surface area contributed by atoms with Crippen molar-refractivity contribution >= 4 is 0 Å². The predicted molar refractivity (Wildman–Crippen MR) is 62.3 cm³/mol. The van der Waals surface area contributed by atoms with Crippen molar-refractivity contribution in [2.45, 2.75) is 19.4 Å². The van der Waals surface area contributed by atoms with Crippen molar-refractivity contribution in [3.8, 4) is 0 Å². The van der Waals surface area contributed by atoms with Crippen LogP contribution >= 0.6 is 0 Å². The van der Waals surface area contributed by atoms with Crippen molar-refractivity contribution in [1.82, 2.24) is 21.1 Å². The fourth-order valence-corrected chi connectivity index (χ4v) is 2.31. The van der Waals surface area contributed by atoms with Crippen molar-refractivity contribution in [2.24, 2.45) is 5.41 Å². The summed E-state index contributed by atoms with van der Waals surface area (Å²) < 4.78 is 0. The number of hydrogen-bond acceptors (Lipinski definition) is 4. The van der Waals surface area contributed by atoms with Crippen molar-refractivity contribution < 1.29 is 0 Å². The number of likely N-dealkylation sites (N-methyl/N-ethyl adjacent to an activating group) is 2. The lowest BCUT2D eigenvalue weighted by Crippen LogP contribution is -2.41. The first-order valence-electron chi connectivity index (χ1n) is 5.85. The molecule has 4 heteroatoms. The molecule has 0 aromatic heterocycles. The number of hydrogen-bond donors (Lipinski definition) is 3. The van der Waals surface area contributed by atoms with E-state index in [-0.39, 0.29) is 0 Å². The van der Waals surface area contributed by atoms with Gasteiger partial charge in [0.2, 0.25) is 0 Å². The summed E-state index contributed by atoms with van der Waals surface area (Å²) in [6.45, 7) is 6.59. The molecule has 0 spiro atoms. The Morgan fingerprint density at radius 2 is 2.47 bits per heavy atom. The van der Waals surface area contributed by atoms with Crippen LogP contribution in [0.4, 0.5) is 0 Å². The van der Waals surface area contributed by atoms with E-state index in [4.69, 9.17) is 0 Å². The molecule has 1 heterocycles. The van der Waals surface area contributed by atoms with Gasteiger partial charge in [-0.25, -0.2) is 5.43 Å². The Morgan fingerprint density at radius 1 is 1.60 bits per heavy atom. The zero-order chi connectivity index (χ0) is 10.7. The highest BCUT2D eigenvalue weighted by molar-refractivity contribution is 5.22. The third-order valence-electron chi connectivity index (χ3n) is 3.36. The average molecular weight is 210 g/mol. The molecule has 0 bridgehead atoms. The van der Waals surface area contributed by atoms with Crippen molar-refractivity contribution in [2.75, 3.05) is 33.2 Å². The summed E-state index contributed by atoms with van der Waals surface area (Å²) >= 11 is 0. The topological polar surface area (TPSA) is 39.3 Å². The molecule has 0 aromatic carbocycles. The van der Waals surface area contributed by atoms with Crippen LogP contribution in [0.3, 0.4) is 0 Å². The Morgan fingerprint density at radius 3 is 3.20 bits per heavy atom. The molecule has 0 amide bonds. The molecule has 0 radical (unpaired) electrons. The Bertz CT molecular complexity index is 241. The molecule has 2 rings (SSSR count). The summed E-state index contributed by atoms with van der Waals surface area (Å²) in [5.41, 5.74) is 6.76. The van der Waals surface area contributed by atoms with Crippen LogP contribution in [0.15, 0.2) is 12.3 Å². The third-order valence-corrected chi connectivity index (χ3v) is 3.36. The maximum atomic E-state index is 3.35. The molecule has 0 saturated heterocycles. The quantitative estimate of drug-likeness (QED) is 0.536. The van der Waals surface area contributed by atoms with E-state index in [1.165, 1.54) is 6.42 Å². The molecule has 2 aliphatic rings. The Balaban J connectivity index is 1.72. The van der Waals surface area contributed by atoms with E-state index in [2.05, 4.69) is 41.1 Å². The monoisotopic (exact) mass is 210 g/mol. The molecule has 0 aromatic rings. The zero-order valence-corrected chi connectivity index (χ0v) is 9.71. The van der Waals surface area contributed by atoms with Crippen LogP contribution in [-0.4, -0.2) is 44.2 Å². The number of rotatable bonds is 6. The van der Waals surface area contributed by atoms with Gasteiger partial charge in [0.25, 0.3) is 0 Å². The first-order valence-corrected chi connectivity index (χ1v) is 5.85. The Labute approximate surface area is 92.1 Å². The Hall–Kier alpha value is -0.580. The SMILES string of the molecule is CCNCCN(C)CC12C=CNNC1C2. The molecule has 4 nitrogen and oxygen atoms in total. The lowest BCUT2D eigenvalue weighted by molar-refractivity contribution is 0.276. The molecule has 2 unspecified atom stereocenters. The van der Waals surface area contributed by atoms with Crippen LogP contribution in [0.1, 0.15) is 13.3 Å². The molecule has 2 atom stereocenters. The lowest BCUT2D eigenvalue weighted by atomic mass is 10.1. The van der Waals surface area contributed by atoms with Gasteiger partial charge in [-0.05, 0) is 20.0 Å². The van der Waals surface area contributed by atoms with Gasteiger partial charge in [-0.15, -0.1) is 0 Å². The van der Waals surface area contributed by atoms with Crippen LogP contribution < -0.4 is 16.2 Å². The fourth-order valence-electron chi connectivity index (χ4n) is 2.31. The minimum atomic E-state index is 0.409. The second-order valence-corrected chi connectivity index (χ2v) is 4.70. The van der Waals surface area contributed by atoms with Crippen LogP contribution in [0, 0.1) is 5.41 Å². The number of fused-ring (bicyclic) bond motifs is 1. The van der Waals surface area contributed by atoms with Gasteiger partial charge in [0.15, 0.2) is 0 Å². The normalized spacial score (nSPS) is 32.6. The van der Waals surface area contributed by atoms with E-state index < -0.39 is 0 Å². The summed E-state index contributed by atoms with van der Waals surface area (Å²) in [5, 5.41) is 3.35. The standard InChI is InChI=1S/C11H22N4/c1-3-12-6-7-15(2)9-11-4-5-13-14-10(11)8-11/h4-5,10,12-14H,3,6-9H2,1-2H3. The smallest absolute Gasteiger partial charge is 0.0374 e. The summed E-state index contributed by atoms with van der Waals surface area (Å²) in [5.74, 6) is 0. The molecule has 1 fully saturated rings. The third kappa shape index (κ3) is 2.51. The van der Waals surface area contributed by atoms with Gasteiger partial charge in [0.1, 0.15) is 0 Å². The highest BCUT2D eigenvalue weighted by Gasteiger charge is 2.53. The van der Waals surface area contributed by atoms with E-state index in [0.717, 1.165) is 26.2 Å². The molecule has 86 valence electrons. The van der Waals surface area contributed by atoms with Gasteiger partial charge in [0, 0.05) is 37.3 Å². The Kier molecular flexibility index (Phi) is 3.29. The van der Waals surface area contributed by atoms with Crippen LogP contribution in [0.5, 0.6) is 0 Å². The second-order valence-electron chi connectivity index (χ2n) is 4.70. The highest BCUT2D eigenvalue weighted by atomic mass is 15.4. The van der Waals surface area contributed by atoms with Crippen molar-refractivity contribution in [3.05, 3.63) is 12.3 Å². The molecular formula is C11H22N4. The van der Waals surface area contributed by atoms with Crippen molar-refractivity contribution in [3.63, 3.8) is 0 Å². The predicted octanol–water partition coefficient (Wildman–Crippen LogP) is -0.0921. The summed E-state index contributed by atoms with van der Waals surface area (Å²) in [6.07, 6.45) is 5.61. The maximum Gasteiger partial charge on any atom is 0.0374 e. The highest BCUT2D eigenvalue weighted by Crippen LogP contribution is 2.48. The average Bonchev–Trinajstić information content (AvgIpc) is 2.92. The minimum absolute atomic E-state index is 0.409. The van der Waals surface area contributed by atoms with E-state index in [1.54, 1.807) is 0 Å².